The van der Waals surface area contributed by atoms with Crippen LogP contribution in [0.5, 0.6) is 0 Å². The Hall–Kier alpha value is -0.510. The summed E-state index contributed by atoms with van der Waals surface area (Å²) in [4.78, 5) is 11.5. The van der Waals surface area contributed by atoms with Crippen LogP contribution in [-0.2, 0) is 4.79 Å². The number of carbonyl (C=O) groups is 1. The van der Waals surface area contributed by atoms with Gasteiger partial charge in [0.25, 0.3) is 0 Å². The maximum atomic E-state index is 13.1. The molecule has 2 nitrogen and oxygen atoms in total. The van der Waals surface area contributed by atoms with Crippen molar-refractivity contribution in [2.45, 2.75) is 51.6 Å². The highest BCUT2D eigenvalue weighted by atomic mass is 19.3. The predicted octanol–water partition coefficient (Wildman–Crippen LogP) is 2.15. The zero-order chi connectivity index (χ0) is 11.0. The first-order valence-electron chi connectivity index (χ1n) is 4.91. The molecule has 0 amide bonds. The van der Waals surface area contributed by atoms with Gasteiger partial charge in [0.2, 0.25) is 5.92 Å². The van der Waals surface area contributed by atoms with Crippen molar-refractivity contribution in [3.8, 4) is 0 Å². The third-order valence-corrected chi connectivity index (χ3v) is 3.10. The van der Waals surface area contributed by atoms with E-state index in [4.69, 9.17) is 0 Å². The largest absolute Gasteiger partial charge is 0.392 e. The first-order valence-corrected chi connectivity index (χ1v) is 4.91. The monoisotopic (exact) mass is 206 g/mol. The lowest BCUT2D eigenvalue weighted by molar-refractivity contribution is -0.158. The van der Waals surface area contributed by atoms with Gasteiger partial charge in [0.15, 0.2) is 0 Å². The summed E-state index contributed by atoms with van der Waals surface area (Å²) in [6.07, 6.45) is -1.55. The number of halogens is 2. The molecule has 1 aliphatic rings. The molecular formula is C10H16F2O2. The second kappa shape index (κ2) is 3.57. The number of hydrogen-bond acceptors (Lipinski definition) is 2. The minimum atomic E-state index is -2.81. The van der Waals surface area contributed by atoms with Gasteiger partial charge in [-0.05, 0) is 13.3 Å². The SMILES string of the molecule is CCC(=O)C1(C)CC(F)(F)CCC1O. The Morgan fingerprint density at radius 1 is 1.57 bits per heavy atom. The Morgan fingerprint density at radius 2 is 2.14 bits per heavy atom. The van der Waals surface area contributed by atoms with E-state index in [1.54, 1.807) is 6.92 Å². The van der Waals surface area contributed by atoms with Gasteiger partial charge in [-0.3, -0.25) is 4.79 Å². The number of carbonyl (C=O) groups excluding carboxylic acids is 1. The van der Waals surface area contributed by atoms with E-state index in [9.17, 15) is 18.7 Å². The summed E-state index contributed by atoms with van der Waals surface area (Å²) in [5, 5.41) is 9.61. The fourth-order valence-electron chi connectivity index (χ4n) is 2.10. The molecule has 2 atom stereocenters. The number of alkyl halides is 2. The summed E-state index contributed by atoms with van der Waals surface area (Å²) in [6.45, 7) is 3.07. The van der Waals surface area contributed by atoms with Crippen LogP contribution in [-0.4, -0.2) is 22.9 Å². The van der Waals surface area contributed by atoms with Gasteiger partial charge in [-0.1, -0.05) is 6.92 Å². The fourth-order valence-corrected chi connectivity index (χ4v) is 2.10. The van der Waals surface area contributed by atoms with Crippen molar-refractivity contribution in [2.75, 3.05) is 0 Å². The summed E-state index contributed by atoms with van der Waals surface area (Å²) in [5.74, 6) is -3.08. The van der Waals surface area contributed by atoms with Crippen molar-refractivity contribution in [1.29, 1.82) is 0 Å². The van der Waals surface area contributed by atoms with Gasteiger partial charge in [-0.2, -0.15) is 0 Å². The summed E-state index contributed by atoms with van der Waals surface area (Å²) < 4.78 is 26.2. The van der Waals surface area contributed by atoms with Crippen molar-refractivity contribution in [2.24, 2.45) is 5.41 Å². The van der Waals surface area contributed by atoms with Crippen LogP contribution in [0.3, 0.4) is 0 Å². The number of rotatable bonds is 2. The molecule has 1 rings (SSSR count). The zero-order valence-corrected chi connectivity index (χ0v) is 8.52. The predicted molar refractivity (Wildman–Crippen MR) is 48.2 cm³/mol. The van der Waals surface area contributed by atoms with Crippen molar-refractivity contribution in [3.05, 3.63) is 0 Å². The normalized spacial score (nSPS) is 36.8. The smallest absolute Gasteiger partial charge is 0.249 e. The van der Waals surface area contributed by atoms with Crippen LogP contribution in [0.1, 0.15) is 39.5 Å². The molecular weight excluding hydrogens is 190 g/mol. The molecule has 0 aliphatic heterocycles. The van der Waals surface area contributed by atoms with E-state index >= 15 is 0 Å². The molecule has 0 spiro atoms. The number of hydrogen-bond donors (Lipinski definition) is 1. The van der Waals surface area contributed by atoms with Crippen LogP contribution in [0.25, 0.3) is 0 Å². The first-order chi connectivity index (χ1) is 6.32. The lowest BCUT2D eigenvalue weighted by Crippen LogP contribution is -2.48. The molecule has 0 saturated heterocycles. The minimum absolute atomic E-state index is 0.00917. The highest BCUT2D eigenvalue weighted by Crippen LogP contribution is 2.45. The molecule has 1 aliphatic carbocycles. The lowest BCUT2D eigenvalue weighted by atomic mass is 9.68. The van der Waals surface area contributed by atoms with Gasteiger partial charge in [0.05, 0.1) is 11.5 Å². The van der Waals surface area contributed by atoms with Gasteiger partial charge in [0.1, 0.15) is 5.78 Å². The Balaban J connectivity index is 2.88. The minimum Gasteiger partial charge on any atom is -0.392 e. The molecule has 0 bridgehead atoms. The topological polar surface area (TPSA) is 37.3 Å². The van der Waals surface area contributed by atoms with E-state index in [1.165, 1.54) is 6.92 Å². The first kappa shape index (κ1) is 11.6. The molecule has 1 fully saturated rings. The molecule has 4 heteroatoms. The quantitative estimate of drug-likeness (QED) is 0.751. The Bertz CT molecular complexity index is 240. The number of aliphatic hydroxyl groups is 1. The Labute approximate surface area is 82.3 Å². The standard InChI is InChI=1S/C10H16F2O2/c1-3-7(13)9(2)6-10(11,12)5-4-8(9)14/h8,14H,3-6H2,1-2H3. The third kappa shape index (κ3) is 1.95. The van der Waals surface area contributed by atoms with Gasteiger partial charge in [-0.15, -0.1) is 0 Å². The fraction of sp³-hybridized carbons (Fsp3) is 0.900. The van der Waals surface area contributed by atoms with Crippen LogP contribution in [0.4, 0.5) is 8.78 Å². The van der Waals surface area contributed by atoms with E-state index in [1.807, 2.05) is 0 Å². The highest BCUT2D eigenvalue weighted by molar-refractivity contribution is 5.85. The van der Waals surface area contributed by atoms with Gasteiger partial charge >= 0.3 is 0 Å². The Kier molecular flexibility index (Phi) is 2.95. The second-order valence-corrected chi connectivity index (χ2v) is 4.28. The van der Waals surface area contributed by atoms with Crippen molar-refractivity contribution < 1.29 is 18.7 Å². The third-order valence-electron chi connectivity index (χ3n) is 3.10. The molecule has 0 radical (unpaired) electrons. The van der Waals surface area contributed by atoms with E-state index in [2.05, 4.69) is 0 Å². The van der Waals surface area contributed by atoms with Crippen LogP contribution in [0, 0.1) is 5.41 Å². The maximum Gasteiger partial charge on any atom is 0.249 e. The van der Waals surface area contributed by atoms with Gasteiger partial charge < -0.3 is 5.11 Å². The average molecular weight is 206 g/mol. The van der Waals surface area contributed by atoms with Crippen LogP contribution in [0.15, 0.2) is 0 Å². The molecule has 0 heterocycles. The van der Waals surface area contributed by atoms with E-state index < -0.39 is 23.9 Å². The summed E-state index contributed by atoms with van der Waals surface area (Å²) in [7, 11) is 0. The van der Waals surface area contributed by atoms with E-state index in [0.717, 1.165) is 0 Å². The average Bonchev–Trinajstić information content (AvgIpc) is 2.10. The van der Waals surface area contributed by atoms with E-state index in [-0.39, 0.29) is 25.0 Å². The van der Waals surface area contributed by atoms with E-state index in [0.29, 0.717) is 0 Å². The van der Waals surface area contributed by atoms with Crippen LogP contribution < -0.4 is 0 Å². The van der Waals surface area contributed by atoms with Gasteiger partial charge in [-0.25, -0.2) is 8.78 Å². The summed E-state index contributed by atoms with van der Waals surface area (Å²) >= 11 is 0. The zero-order valence-electron chi connectivity index (χ0n) is 8.52. The molecule has 0 aromatic carbocycles. The summed E-state index contributed by atoms with van der Waals surface area (Å²) in [5.41, 5.74) is -1.25. The molecule has 1 saturated carbocycles. The number of aliphatic hydroxyl groups excluding tert-OH is 1. The second-order valence-electron chi connectivity index (χ2n) is 4.28. The highest BCUT2D eigenvalue weighted by Gasteiger charge is 2.51. The molecule has 14 heavy (non-hydrogen) atoms. The van der Waals surface area contributed by atoms with Crippen LogP contribution >= 0.6 is 0 Å². The molecule has 2 unspecified atom stereocenters. The molecule has 0 aromatic rings. The molecule has 82 valence electrons. The number of Topliss-reactive ketones (excluding diaryl/α,β-unsaturated/α-hetero) is 1. The lowest BCUT2D eigenvalue weighted by Gasteiger charge is -2.40. The van der Waals surface area contributed by atoms with Crippen molar-refractivity contribution in [3.63, 3.8) is 0 Å². The molecule has 0 aromatic heterocycles. The molecule has 1 N–H and O–H groups in total. The summed E-state index contributed by atoms with van der Waals surface area (Å²) in [6, 6.07) is 0. The van der Waals surface area contributed by atoms with Crippen LogP contribution in [0.2, 0.25) is 0 Å². The Morgan fingerprint density at radius 3 is 2.64 bits per heavy atom. The van der Waals surface area contributed by atoms with Crippen molar-refractivity contribution in [1.82, 2.24) is 0 Å². The van der Waals surface area contributed by atoms with Gasteiger partial charge in [0, 0.05) is 19.3 Å². The maximum absolute atomic E-state index is 13.1. The number of ketones is 1. The van der Waals surface area contributed by atoms with Crippen molar-refractivity contribution >= 4 is 5.78 Å².